The Hall–Kier alpha value is -1.09. The van der Waals surface area contributed by atoms with Crippen LogP contribution in [0.1, 0.15) is 23.1 Å². The number of likely N-dealkylation sites (tertiary alicyclic amines) is 1. The third-order valence-corrected chi connectivity index (χ3v) is 4.42. The fraction of sp³-hybridized carbons (Fsp3) is 0.500. The molecule has 1 N–H and O–H groups in total. The highest BCUT2D eigenvalue weighted by Gasteiger charge is 2.43. The summed E-state index contributed by atoms with van der Waals surface area (Å²) in [7, 11) is 4.59. The van der Waals surface area contributed by atoms with Crippen molar-refractivity contribution in [2.75, 3.05) is 20.1 Å². The van der Waals surface area contributed by atoms with E-state index in [1.165, 1.54) is 42.1 Å². The minimum absolute atomic E-state index is 0.343. The first-order chi connectivity index (χ1) is 8.14. The van der Waals surface area contributed by atoms with Crippen LogP contribution in [0.25, 0.3) is 0 Å². The fourth-order valence-electron chi connectivity index (χ4n) is 3.41. The largest absolute Gasteiger partial charge is 0.308 e. The topological polar surface area (TPSA) is 27.1 Å². The van der Waals surface area contributed by atoms with E-state index in [0.29, 0.717) is 5.41 Å². The minimum Gasteiger partial charge on any atom is -0.308 e. The normalized spacial score (nSPS) is 27.2. The fourth-order valence-corrected chi connectivity index (χ4v) is 3.41. The molecule has 87 valence electrons. The monoisotopic (exact) mass is 225 g/mol. The van der Waals surface area contributed by atoms with Gasteiger partial charge in [-0.15, -0.1) is 0 Å². The van der Waals surface area contributed by atoms with Crippen LogP contribution in [0.5, 0.6) is 0 Å². The van der Waals surface area contributed by atoms with Crippen LogP contribution in [0.15, 0.2) is 12.1 Å². The number of benzene rings is 1. The molecular weight excluding hydrogens is 207 g/mol. The number of nitrogens with zero attached hydrogens (tertiary/aromatic N) is 1. The summed E-state index contributed by atoms with van der Waals surface area (Å²) in [5, 5.41) is 7.50. The molecule has 3 rings (SSSR count). The average Bonchev–Trinajstić information content (AvgIpc) is 2.84. The highest BCUT2D eigenvalue weighted by atomic mass is 15.1. The second-order valence-electron chi connectivity index (χ2n) is 5.62. The first-order valence-electron chi connectivity index (χ1n) is 6.32. The molecule has 0 saturated carbocycles. The third-order valence-electron chi connectivity index (χ3n) is 4.42. The number of likely N-dealkylation sites (N-methyl/N-ethyl adjacent to an activating group) is 1. The lowest BCUT2D eigenvalue weighted by molar-refractivity contribution is 0.384. The van der Waals surface area contributed by atoms with Gasteiger partial charge in [-0.3, -0.25) is 0 Å². The molecule has 2 aliphatic heterocycles. The van der Waals surface area contributed by atoms with Crippen molar-refractivity contribution >= 4 is 19.0 Å². The summed E-state index contributed by atoms with van der Waals surface area (Å²) in [4.78, 5) is 2.42. The van der Waals surface area contributed by atoms with Crippen molar-refractivity contribution in [1.82, 2.24) is 4.90 Å². The van der Waals surface area contributed by atoms with Crippen LogP contribution in [-0.4, -0.2) is 38.5 Å². The first kappa shape index (κ1) is 11.0. The van der Waals surface area contributed by atoms with Crippen LogP contribution in [0.3, 0.4) is 0 Å². The highest BCUT2D eigenvalue weighted by molar-refractivity contribution is 6.56. The van der Waals surface area contributed by atoms with Gasteiger partial charge in [-0.25, -0.2) is 0 Å². The van der Waals surface area contributed by atoms with Gasteiger partial charge in [-0.2, -0.15) is 0 Å². The Morgan fingerprint density at radius 1 is 1.47 bits per heavy atom. The molecule has 3 heteroatoms. The van der Waals surface area contributed by atoms with Crippen LogP contribution >= 0.6 is 0 Å². The molecule has 1 atom stereocenters. The third kappa shape index (κ3) is 1.56. The number of hydrogen-bond donors (Lipinski definition) is 1. The van der Waals surface area contributed by atoms with Crippen molar-refractivity contribution in [1.29, 1.82) is 5.41 Å². The van der Waals surface area contributed by atoms with Crippen molar-refractivity contribution in [2.45, 2.75) is 25.1 Å². The summed E-state index contributed by atoms with van der Waals surface area (Å²) in [6.45, 7) is 4.46. The van der Waals surface area contributed by atoms with Gasteiger partial charge in [-0.1, -0.05) is 17.8 Å². The van der Waals surface area contributed by atoms with E-state index >= 15 is 0 Å². The van der Waals surface area contributed by atoms with Crippen molar-refractivity contribution in [3.63, 3.8) is 0 Å². The van der Waals surface area contributed by atoms with Gasteiger partial charge >= 0.3 is 0 Å². The van der Waals surface area contributed by atoms with Gasteiger partial charge in [0.1, 0.15) is 0 Å². The molecule has 2 heterocycles. The lowest BCUT2D eigenvalue weighted by Crippen LogP contribution is -2.27. The maximum Gasteiger partial charge on any atom is 0.152 e. The molecule has 0 aromatic heterocycles. The molecule has 1 radical (unpaired) electrons. The summed E-state index contributed by atoms with van der Waals surface area (Å²) in [5.74, 6) is 0. The zero-order valence-electron chi connectivity index (χ0n) is 10.6. The van der Waals surface area contributed by atoms with Gasteiger partial charge in [0, 0.05) is 18.2 Å². The molecule has 1 fully saturated rings. The van der Waals surface area contributed by atoms with E-state index in [4.69, 9.17) is 5.41 Å². The van der Waals surface area contributed by atoms with Crippen molar-refractivity contribution < 1.29 is 0 Å². The lowest BCUT2D eigenvalue weighted by atomic mass is 9.68. The standard InChI is InChI=1S/C14H18BN2/c1-10-5-13-12(6-11(10)7-16)14(8-15-13)3-4-17(2)9-14/h5-7,16H,3-4,8-9H2,1-2H3. The van der Waals surface area contributed by atoms with Crippen LogP contribution < -0.4 is 5.46 Å². The SMILES string of the molecule is Cc1cc2c(cc1C=N)C1(C[B]2)CCN(C)C1. The van der Waals surface area contributed by atoms with Gasteiger partial charge < -0.3 is 10.3 Å². The number of aryl methyl sites for hydroxylation is 1. The summed E-state index contributed by atoms with van der Waals surface area (Å²) in [5.41, 5.74) is 5.52. The van der Waals surface area contributed by atoms with Gasteiger partial charge in [0.2, 0.25) is 0 Å². The predicted octanol–water partition coefficient (Wildman–Crippen LogP) is 1.33. The first-order valence-corrected chi connectivity index (χ1v) is 6.32. The van der Waals surface area contributed by atoms with Crippen LogP contribution in [0.2, 0.25) is 6.32 Å². The van der Waals surface area contributed by atoms with Crippen LogP contribution in [-0.2, 0) is 5.41 Å². The zero-order valence-corrected chi connectivity index (χ0v) is 10.6. The predicted molar refractivity (Wildman–Crippen MR) is 73.1 cm³/mol. The number of rotatable bonds is 1. The van der Waals surface area contributed by atoms with Crippen molar-refractivity contribution in [3.8, 4) is 0 Å². The Kier molecular flexibility index (Phi) is 2.40. The molecule has 2 aliphatic rings. The molecule has 0 aliphatic carbocycles. The molecule has 2 nitrogen and oxygen atoms in total. The highest BCUT2D eigenvalue weighted by Crippen LogP contribution is 2.40. The van der Waals surface area contributed by atoms with E-state index in [2.05, 4.69) is 38.3 Å². The molecule has 1 aromatic rings. The average molecular weight is 225 g/mol. The van der Waals surface area contributed by atoms with Crippen LogP contribution in [0.4, 0.5) is 0 Å². The van der Waals surface area contributed by atoms with E-state index in [-0.39, 0.29) is 0 Å². The van der Waals surface area contributed by atoms with Crippen LogP contribution in [0, 0.1) is 12.3 Å². The summed E-state index contributed by atoms with van der Waals surface area (Å²) < 4.78 is 0. The molecule has 1 saturated heterocycles. The van der Waals surface area contributed by atoms with Gasteiger partial charge in [0.15, 0.2) is 7.28 Å². The number of hydrogen-bond acceptors (Lipinski definition) is 2. The summed E-state index contributed by atoms with van der Waals surface area (Å²) >= 11 is 0. The molecule has 0 amide bonds. The minimum atomic E-state index is 0.343. The molecule has 1 spiro atoms. The maximum atomic E-state index is 7.50. The molecule has 1 aromatic carbocycles. The zero-order chi connectivity index (χ0) is 12.0. The van der Waals surface area contributed by atoms with Crippen molar-refractivity contribution in [2.24, 2.45) is 0 Å². The quantitative estimate of drug-likeness (QED) is 0.566. The van der Waals surface area contributed by atoms with Gasteiger partial charge in [-0.05, 0) is 49.7 Å². The maximum absolute atomic E-state index is 7.50. The Morgan fingerprint density at radius 2 is 2.29 bits per heavy atom. The Bertz CT molecular complexity index is 483. The van der Waals surface area contributed by atoms with E-state index < -0.39 is 0 Å². The molecular formula is C14H18BN2. The summed E-state index contributed by atoms with van der Waals surface area (Å²) in [6.07, 6.45) is 3.92. The molecule has 1 unspecified atom stereocenters. The van der Waals surface area contributed by atoms with E-state index in [1.807, 2.05) is 0 Å². The summed E-state index contributed by atoms with van der Waals surface area (Å²) in [6, 6.07) is 4.50. The second kappa shape index (κ2) is 3.71. The molecule has 0 bridgehead atoms. The number of fused-ring (bicyclic) bond motifs is 2. The Labute approximate surface area is 104 Å². The second-order valence-corrected chi connectivity index (χ2v) is 5.62. The van der Waals surface area contributed by atoms with E-state index in [0.717, 1.165) is 12.1 Å². The van der Waals surface area contributed by atoms with Crippen molar-refractivity contribution in [3.05, 3.63) is 28.8 Å². The Morgan fingerprint density at radius 3 is 2.94 bits per heavy atom. The van der Waals surface area contributed by atoms with E-state index in [1.54, 1.807) is 0 Å². The molecule has 17 heavy (non-hydrogen) atoms. The number of nitrogens with one attached hydrogen (secondary N) is 1. The van der Waals surface area contributed by atoms with E-state index in [9.17, 15) is 0 Å². The van der Waals surface area contributed by atoms with Gasteiger partial charge in [0.05, 0.1) is 0 Å². The lowest BCUT2D eigenvalue weighted by Gasteiger charge is -2.26. The smallest absolute Gasteiger partial charge is 0.152 e. The Balaban J connectivity index is 2.10. The van der Waals surface area contributed by atoms with Gasteiger partial charge in [0.25, 0.3) is 0 Å².